The van der Waals surface area contributed by atoms with E-state index in [4.69, 9.17) is 14.7 Å². The molecular weight excluding hydrogens is 536 g/mol. The van der Waals surface area contributed by atoms with Crippen LogP contribution in [-0.2, 0) is 4.74 Å². The minimum absolute atomic E-state index is 0.148. The summed E-state index contributed by atoms with van der Waals surface area (Å²) in [5.41, 5.74) is 11.4. The second-order valence-corrected chi connectivity index (χ2v) is 11.8. The number of nitrogens with zero attached hydrogens (tertiary/aromatic N) is 2. The van der Waals surface area contributed by atoms with Crippen molar-refractivity contribution < 1.29 is 4.74 Å². The van der Waals surface area contributed by atoms with Crippen molar-refractivity contribution in [1.29, 1.82) is 0 Å². The van der Waals surface area contributed by atoms with E-state index in [-0.39, 0.29) is 6.10 Å². The van der Waals surface area contributed by atoms with Crippen molar-refractivity contribution in [2.24, 2.45) is 11.8 Å². The van der Waals surface area contributed by atoms with E-state index in [0.29, 0.717) is 11.8 Å². The highest BCUT2D eigenvalue weighted by atomic mass is 16.5. The van der Waals surface area contributed by atoms with Crippen molar-refractivity contribution in [2.75, 3.05) is 0 Å². The van der Waals surface area contributed by atoms with Crippen LogP contribution in [-0.4, -0.2) is 16.1 Å². The van der Waals surface area contributed by atoms with Gasteiger partial charge >= 0.3 is 0 Å². The normalized spacial score (nSPS) is 20.1. The van der Waals surface area contributed by atoms with Gasteiger partial charge in [-0.25, -0.2) is 9.97 Å². The van der Waals surface area contributed by atoms with Gasteiger partial charge in [0, 0.05) is 34.6 Å². The Morgan fingerprint density at radius 1 is 0.591 bits per heavy atom. The van der Waals surface area contributed by atoms with Gasteiger partial charge in [-0.2, -0.15) is 0 Å². The quantitative estimate of drug-likeness (QED) is 0.212. The van der Waals surface area contributed by atoms with Crippen molar-refractivity contribution in [3.8, 4) is 45.0 Å². The zero-order chi connectivity index (χ0) is 29.5. The molecule has 1 aromatic heterocycles. The third-order valence-electron chi connectivity index (χ3n) is 8.94. The number of fused-ring (bicyclic) bond motifs is 2. The van der Waals surface area contributed by atoms with Crippen LogP contribution in [0, 0.1) is 11.8 Å². The standard InChI is InChI=1S/C41H32N2O/c1-27-24-40-36(34-14-8-9-15-39(34)44-40)25-35(27)30-20-16-28(17-21-30)29-18-22-32(23-19-29)38-26-37(31-10-4-2-5-11-31)42-41(43-38)33-12-6-3-7-13-33/h2-23,25-27,34,39H,24H2,1H3. The Labute approximate surface area is 258 Å². The van der Waals surface area contributed by atoms with Gasteiger partial charge in [0.1, 0.15) is 11.9 Å². The minimum atomic E-state index is 0.148. The summed E-state index contributed by atoms with van der Waals surface area (Å²) in [5, 5.41) is 0. The van der Waals surface area contributed by atoms with E-state index in [1.54, 1.807) is 0 Å². The highest BCUT2D eigenvalue weighted by molar-refractivity contribution is 5.77. The van der Waals surface area contributed by atoms with Crippen LogP contribution in [0.3, 0.4) is 0 Å². The van der Waals surface area contributed by atoms with E-state index < -0.39 is 0 Å². The Kier molecular flexibility index (Phi) is 6.64. The third-order valence-corrected chi connectivity index (χ3v) is 8.94. The second kappa shape index (κ2) is 11.1. The monoisotopic (exact) mass is 568 g/mol. The molecule has 2 aliphatic carbocycles. The molecule has 0 saturated heterocycles. The Hall–Kier alpha value is -5.28. The lowest BCUT2D eigenvalue weighted by Crippen LogP contribution is -2.15. The smallest absolute Gasteiger partial charge is 0.160 e. The lowest BCUT2D eigenvalue weighted by atomic mass is 9.80. The number of hydrogen-bond donors (Lipinski definition) is 0. The van der Waals surface area contributed by atoms with E-state index in [1.165, 1.54) is 33.6 Å². The molecule has 0 bridgehead atoms. The van der Waals surface area contributed by atoms with E-state index in [0.717, 1.165) is 40.3 Å². The summed E-state index contributed by atoms with van der Waals surface area (Å²) < 4.78 is 6.29. The fourth-order valence-corrected chi connectivity index (χ4v) is 6.56. The molecule has 3 unspecified atom stereocenters. The number of hydrogen-bond acceptors (Lipinski definition) is 3. The number of rotatable bonds is 5. The summed E-state index contributed by atoms with van der Waals surface area (Å²) >= 11 is 0. The predicted molar refractivity (Wildman–Crippen MR) is 179 cm³/mol. The Bertz CT molecular complexity index is 1890. The molecule has 0 saturated carbocycles. The van der Waals surface area contributed by atoms with Crippen LogP contribution in [0.25, 0.3) is 50.6 Å². The Balaban J connectivity index is 1.08. The molecule has 3 nitrogen and oxygen atoms in total. The average molecular weight is 569 g/mol. The summed E-state index contributed by atoms with van der Waals surface area (Å²) in [6, 6.07) is 40.3. The first kappa shape index (κ1) is 26.4. The summed E-state index contributed by atoms with van der Waals surface area (Å²) in [4.78, 5) is 9.90. The summed E-state index contributed by atoms with van der Waals surface area (Å²) in [6.07, 6.45) is 12.2. The summed E-state index contributed by atoms with van der Waals surface area (Å²) in [7, 11) is 0. The van der Waals surface area contributed by atoms with Crippen LogP contribution in [0.4, 0.5) is 0 Å². The van der Waals surface area contributed by atoms with Crippen LogP contribution < -0.4 is 0 Å². The van der Waals surface area contributed by atoms with Crippen molar-refractivity contribution in [1.82, 2.24) is 9.97 Å². The lowest BCUT2D eigenvalue weighted by Gasteiger charge is -2.23. The van der Waals surface area contributed by atoms with Gasteiger partial charge < -0.3 is 4.74 Å². The third kappa shape index (κ3) is 4.91. The molecule has 3 heteroatoms. The van der Waals surface area contributed by atoms with Crippen molar-refractivity contribution in [2.45, 2.75) is 19.4 Å². The fraction of sp³-hybridized carbons (Fsp3) is 0.122. The van der Waals surface area contributed by atoms with Gasteiger partial charge in [0.15, 0.2) is 5.82 Å². The predicted octanol–water partition coefficient (Wildman–Crippen LogP) is 9.96. The molecule has 0 fully saturated rings. The lowest BCUT2D eigenvalue weighted by molar-refractivity contribution is 0.154. The van der Waals surface area contributed by atoms with Crippen LogP contribution in [0.15, 0.2) is 157 Å². The molecule has 8 rings (SSSR count). The second-order valence-electron chi connectivity index (χ2n) is 11.8. The molecule has 4 aromatic carbocycles. The molecule has 212 valence electrons. The number of ether oxygens (including phenoxy) is 1. The zero-order valence-corrected chi connectivity index (χ0v) is 24.6. The SMILES string of the molecule is CC1CC2=C(C=C1c1ccc(-c3ccc(-c4cc(-c5ccccc5)nc(-c5ccccc5)n4)cc3)cc1)C1C=CC=CC1O2. The maximum absolute atomic E-state index is 6.29. The molecule has 3 aliphatic rings. The van der Waals surface area contributed by atoms with Gasteiger partial charge in [0.05, 0.1) is 11.4 Å². The van der Waals surface area contributed by atoms with E-state index in [2.05, 4.69) is 116 Å². The molecular formula is C41H32N2O. The molecule has 3 atom stereocenters. The first-order valence-electron chi connectivity index (χ1n) is 15.4. The Morgan fingerprint density at radius 2 is 1.14 bits per heavy atom. The molecule has 5 aromatic rings. The molecule has 44 heavy (non-hydrogen) atoms. The van der Waals surface area contributed by atoms with Crippen molar-refractivity contribution in [3.63, 3.8) is 0 Å². The minimum Gasteiger partial charge on any atom is -0.489 e. The van der Waals surface area contributed by atoms with Gasteiger partial charge in [-0.15, -0.1) is 0 Å². The first-order valence-corrected chi connectivity index (χ1v) is 15.4. The summed E-state index contributed by atoms with van der Waals surface area (Å²) in [5.74, 6) is 2.64. The van der Waals surface area contributed by atoms with Crippen LogP contribution in [0.2, 0.25) is 0 Å². The molecule has 0 amide bonds. The largest absolute Gasteiger partial charge is 0.489 e. The molecule has 0 N–H and O–H groups in total. The van der Waals surface area contributed by atoms with Gasteiger partial charge in [-0.3, -0.25) is 0 Å². The number of allylic oxidation sites excluding steroid dienone is 5. The Morgan fingerprint density at radius 3 is 1.80 bits per heavy atom. The van der Waals surface area contributed by atoms with Crippen LogP contribution in [0.5, 0.6) is 0 Å². The van der Waals surface area contributed by atoms with Gasteiger partial charge in [-0.1, -0.05) is 140 Å². The topological polar surface area (TPSA) is 35.0 Å². The fourth-order valence-electron chi connectivity index (χ4n) is 6.56. The number of benzene rings is 4. The van der Waals surface area contributed by atoms with Crippen molar-refractivity contribution in [3.05, 3.63) is 163 Å². The van der Waals surface area contributed by atoms with E-state index >= 15 is 0 Å². The first-order chi connectivity index (χ1) is 21.7. The van der Waals surface area contributed by atoms with Gasteiger partial charge in [0.2, 0.25) is 0 Å². The highest BCUT2D eigenvalue weighted by Crippen LogP contribution is 2.45. The summed E-state index contributed by atoms with van der Waals surface area (Å²) in [6.45, 7) is 2.30. The molecule has 0 radical (unpaired) electrons. The van der Waals surface area contributed by atoms with Crippen LogP contribution in [0.1, 0.15) is 18.9 Å². The van der Waals surface area contributed by atoms with E-state index in [9.17, 15) is 0 Å². The van der Waals surface area contributed by atoms with Crippen molar-refractivity contribution >= 4 is 5.57 Å². The van der Waals surface area contributed by atoms with E-state index in [1.807, 2.05) is 36.4 Å². The van der Waals surface area contributed by atoms with Gasteiger partial charge in [-0.05, 0) is 40.3 Å². The maximum Gasteiger partial charge on any atom is 0.160 e. The highest BCUT2D eigenvalue weighted by Gasteiger charge is 2.37. The molecule has 2 heterocycles. The van der Waals surface area contributed by atoms with Crippen LogP contribution >= 0.6 is 0 Å². The average Bonchev–Trinajstić information content (AvgIpc) is 3.46. The zero-order valence-electron chi connectivity index (χ0n) is 24.6. The van der Waals surface area contributed by atoms with Gasteiger partial charge in [0.25, 0.3) is 0 Å². The number of aromatic nitrogens is 2. The molecule has 0 spiro atoms. The maximum atomic E-state index is 6.29. The molecule has 1 aliphatic heterocycles.